The van der Waals surface area contributed by atoms with E-state index in [4.69, 9.17) is 0 Å². The first kappa shape index (κ1) is 19.9. The topological polar surface area (TPSA) is 69.7 Å². The number of carbonyl (C=O) groups excluding carboxylic acids is 1. The monoisotopic (exact) mass is 407 g/mol. The Kier molecular flexibility index (Phi) is 6.87. The van der Waals surface area contributed by atoms with Crippen LogP contribution in [0.2, 0.25) is 0 Å². The minimum atomic E-state index is -3.28. The maximum Gasteiger partial charge on any atom is 0.225 e. The van der Waals surface area contributed by atoms with E-state index in [1.807, 2.05) is 47.8 Å². The summed E-state index contributed by atoms with van der Waals surface area (Å²) in [5, 5.41) is 4.74. The SMILES string of the molecule is O=C(Cc1cccs1)NCCCS(=O)(=O)N1CCN(c2ccccc2)CC1. The molecule has 0 spiro atoms. The summed E-state index contributed by atoms with van der Waals surface area (Å²) in [5.41, 5.74) is 1.13. The van der Waals surface area contributed by atoms with Gasteiger partial charge in [0, 0.05) is 43.3 Å². The molecule has 6 nitrogen and oxygen atoms in total. The number of carbonyl (C=O) groups is 1. The number of para-hydroxylation sites is 1. The van der Waals surface area contributed by atoms with Gasteiger partial charge in [-0.15, -0.1) is 11.3 Å². The Morgan fingerprint density at radius 2 is 1.78 bits per heavy atom. The number of nitrogens with zero attached hydrogens (tertiary/aromatic N) is 2. The van der Waals surface area contributed by atoms with Crippen molar-refractivity contribution in [3.63, 3.8) is 0 Å². The van der Waals surface area contributed by atoms with Crippen LogP contribution in [0.15, 0.2) is 47.8 Å². The third-order valence-corrected chi connectivity index (χ3v) is 7.40. The molecule has 2 heterocycles. The summed E-state index contributed by atoms with van der Waals surface area (Å²) in [6, 6.07) is 13.9. The number of anilines is 1. The lowest BCUT2D eigenvalue weighted by molar-refractivity contribution is -0.120. The lowest BCUT2D eigenvalue weighted by Gasteiger charge is -2.35. The highest BCUT2D eigenvalue weighted by molar-refractivity contribution is 7.89. The van der Waals surface area contributed by atoms with Crippen LogP contribution >= 0.6 is 11.3 Å². The first-order chi connectivity index (χ1) is 13.0. The molecule has 0 aliphatic carbocycles. The van der Waals surface area contributed by atoms with Gasteiger partial charge in [0.25, 0.3) is 0 Å². The molecule has 3 rings (SSSR count). The molecule has 0 saturated carbocycles. The molecule has 1 saturated heterocycles. The van der Waals surface area contributed by atoms with Gasteiger partial charge in [-0.1, -0.05) is 24.3 Å². The highest BCUT2D eigenvalue weighted by atomic mass is 32.2. The summed E-state index contributed by atoms with van der Waals surface area (Å²) in [6.07, 6.45) is 0.781. The van der Waals surface area contributed by atoms with Crippen LogP contribution in [0.1, 0.15) is 11.3 Å². The fourth-order valence-electron chi connectivity index (χ4n) is 3.11. The molecule has 1 aliphatic rings. The maximum atomic E-state index is 12.5. The number of sulfonamides is 1. The Morgan fingerprint density at radius 1 is 1.04 bits per heavy atom. The maximum absolute atomic E-state index is 12.5. The quantitative estimate of drug-likeness (QED) is 0.679. The van der Waals surface area contributed by atoms with Crippen molar-refractivity contribution in [1.29, 1.82) is 0 Å². The van der Waals surface area contributed by atoms with E-state index >= 15 is 0 Å². The highest BCUT2D eigenvalue weighted by Crippen LogP contribution is 2.17. The van der Waals surface area contributed by atoms with Gasteiger partial charge in [0.15, 0.2) is 0 Å². The summed E-state index contributed by atoms with van der Waals surface area (Å²) in [4.78, 5) is 15.1. The van der Waals surface area contributed by atoms with E-state index in [9.17, 15) is 13.2 Å². The van der Waals surface area contributed by atoms with Gasteiger partial charge >= 0.3 is 0 Å². The molecule has 1 aromatic carbocycles. The van der Waals surface area contributed by atoms with Crippen LogP contribution in [-0.2, 0) is 21.2 Å². The van der Waals surface area contributed by atoms with Crippen LogP contribution < -0.4 is 10.2 Å². The molecule has 1 aliphatic heterocycles. The van der Waals surface area contributed by atoms with Crippen molar-refractivity contribution in [3.8, 4) is 0 Å². The molecular weight excluding hydrogens is 382 g/mol. The molecule has 27 heavy (non-hydrogen) atoms. The van der Waals surface area contributed by atoms with E-state index in [1.165, 1.54) is 0 Å². The summed E-state index contributed by atoms with van der Waals surface area (Å²) < 4.78 is 26.6. The standard InChI is InChI=1S/C19H25N3O3S2/c23-19(16-18-8-4-14-26-18)20-9-5-15-27(24,25)22-12-10-21(11-13-22)17-6-2-1-3-7-17/h1-4,6-8,14H,5,9-13,15-16H2,(H,20,23). The third-order valence-electron chi connectivity index (χ3n) is 4.57. The van der Waals surface area contributed by atoms with Crippen molar-refractivity contribution < 1.29 is 13.2 Å². The van der Waals surface area contributed by atoms with Crippen molar-refractivity contribution >= 4 is 33.0 Å². The van der Waals surface area contributed by atoms with E-state index < -0.39 is 10.0 Å². The van der Waals surface area contributed by atoms with Crippen LogP contribution in [0.25, 0.3) is 0 Å². The molecule has 1 fully saturated rings. The van der Waals surface area contributed by atoms with Crippen molar-refractivity contribution in [2.75, 3.05) is 43.4 Å². The zero-order valence-electron chi connectivity index (χ0n) is 15.2. The summed E-state index contributed by atoms with van der Waals surface area (Å²) in [7, 11) is -3.28. The lowest BCUT2D eigenvalue weighted by Crippen LogP contribution is -2.49. The average molecular weight is 408 g/mol. The van der Waals surface area contributed by atoms with Gasteiger partial charge in [-0.25, -0.2) is 8.42 Å². The molecule has 0 atom stereocenters. The molecule has 1 aromatic heterocycles. The Bertz CT molecular complexity index is 815. The van der Waals surface area contributed by atoms with Gasteiger partial charge in [-0.05, 0) is 30.0 Å². The second-order valence-electron chi connectivity index (χ2n) is 6.50. The Morgan fingerprint density at radius 3 is 2.44 bits per heavy atom. The lowest BCUT2D eigenvalue weighted by atomic mass is 10.2. The van der Waals surface area contributed by atoms with E-state index in [1.54, 1.807) is 15.6 Å². The predicted molar refractivity (Wildman–Crippen MR) is 110 cm³/mol. The second-order valence-corrected chi connectivity index (χ2v) is 9.62. The van der Waals surface area contributed by atoms with Crippen molar-refractivity contribution in [3.05, 3.63) is 52.7 Å². The molecule has 146 valence electrons. The number of hydrogen-bond acceptors (Lipinski definition) is 5. The number of amides is 1. The summed E-state index contributed by atoms with van der Waals surface area (Å²) >= 11 is 1.54. The van der Waals surface area contributed by atoms with Crippen LogP contribution in [0.5, 0.6) is 0 Å². The van der Waals surface area contributed by atoms with Crippen LogP contribution in [0, 0.1) is 0 Å². The molecule has 1 N–H and O–H groups in total. The van der Waals surface area contributed by atoms with E-state index in [0.717, 1.165) is 10.6 Å². The predicted octanol–water partition coefficient (Wildman–Crippen LogP) is 1.95. The van der Waals surface area contributed by atoms with E-state index in [-0.39, 0.29) is 11.7 Å². The number of piperazine rings is 1. The molecule has 0 bridgehead atoms. The van der Waals surface area contributed by atoms with Gasteiger partial charge in [-0.3, -0.25) is 4.79 Å². The molecule has 0 unspecified atom stereocenters. The van der Waals surface area contributed by atoms with Gasteiger partial charge in [-0.2, -0.15) is 4.31 Å². The van der Waals surface area contributed by atoms with Crippen LogP contribution in [-0.4, -0.2) is 57.1 Å². The molecule has 8 heteroatoms. The van der Waals surface area contributed by atoms with Crippen LogP contribution in [0.4, 0.5) is 5.69 Å². The average Bonchev–Trinajstić information content (AvgIpc) is 3.19. The highest BCUT2D eigenvalue weighted by Gasteiger charge is 2.26. The molecule has 0 radical (unpaired) electrons. The smallest absolute Gasteiger partial charge is 0.225 e. The van der Waals surface area contributed by atoms with E-state index in [2.05, 4.69) is 10.2 Å². The number of hydrogen-bond donors (Lipinski definition) is 1. The van der Waals surface area contributed by atoms with Crippen molar-refractivity contribution in [2.45, 2.75) is 12.8 Å². The summed E-state index contributed by atoms with van der Waals surface area (Å²) in [5.74, 6) is 0.00349. The van der Waals surface area contributed by atoms with E-state index in [0.29, 0.717) is 45.6 Å². The molecular formula is C19H25N3O3S2. The van der Waals surface area contributed by atoms with Crippen molar-refractivity contribution in [1.82, 2.24) is 9.62 Å². The molecule has 2 aromatic rings. The zero-order valence-corrected chi connectivity index (χ0v) is 16.8. The number of benzene rings is 1. The fraction of sp³-hybridized carbons (Fsp3) is 0.421. The third kappa shape index (κ3) is 5.79. The first-order valence-electron chi connectivity index (χ1n) is 9.11. The van der Waals surface area contributed by atoms with Crippen LogP contribution in [0.3, 0.4) is 0 Å². The first-order valence-corrected chi connectivity index (χ1v) is 11.6. The minimum absolute atomic E-state index is 0.0636. The second kappa shape index (κ2) is 9.34. The normalized spacial score (nSPS) is 15.6. The summed E-state index contributed by atoms with van der Waals surface area (Å²) in [6.45, 7) is 2.78. The minimum Gasteiger partial charge on any atom is -0.369 e. The van der Waals surface area contributed by atoms with Gasteiger partial charge < -0.3 is 10.2 Å². The molecule has 1 amide bonds. The Hall–Kier alpha value is -1.90. The Balaban J connectivity index is 1.38. The zero-order chi connectivity index (χ0) is 19.1. The largest absolute Gasteiger partial charge is 0.369 e. The fourth-order valence-corrected chi connectivity index (χ4v) is 5.30. The van der Waals surface area contributed by atoms with Gasteiger partial charge in [0.2, 0.25) is 15.9 Å². The van der Waals surface area contributed by atoms with Crippen molar-refractivity contribution in [2.24, 2.45) is 0 Å². The van der Waals surface area contributed by atoms with Gasteiger partial charge in [0.1, 0.15) is 0 Å². The number of nitrogens with one attached hydrogen (secondary N) is 1. The number of thiophene rings is 1. The Labute approximate surface area is 164 Å². The number of rotatable bonds is 8. The van der Waals surface area contributed by atoms with Gasteiger partial charge in [0.05, 0.1) is 12.2 Å².